The Bertz CT molecular complexity index is 266. The molecule has 4 atom stereocenters. The number of nitrogens with one attached hydrogen (secondary N) is 1. The van der Waals surface area contributed by atoms with Crippen molar-refractivity contribution in [1.29, 1.82) is 0 Å². The molecule has 2 aliphatic rings. The molecule has 0 aromatic heterocycles. The number of likely N-dealkylation sites (tertiary alicyclic amines) is 1. The molecule has 2 saturated heterocycles. The Morgan fingerprint density at radius 1 is 1.20 bits per heavy atom. The minimum absolute atomic E-state index is 0. The SMILES string of the molecule is CC(C)NC[C@H]1O[C@@H](CO)[C@@H](O)[C@H]1N1CCCC1.Cl.Cl. The maximum atomic E-state index is 10.3. The van der Waals surface area contributed by atoms with E-state index in [-0.39, 0.29) is 43.6 Å². The molecule has 2 fully saturated rings. The third kappa shape index (κ3) is 4.70. The second-order valence-corrected chi connectivity index (χ2v) is 5.68. The number of rotatable bonds is 5. The molecule has 0 saturated carbocycles. The Hall–Kier alpha value is 0.380. The average Bonchev–Trinajstić information content (AvgIpc) is 2.93. The zero-order valence-electron chi connectivity index (χ0n) is 12.2. The van der Waals surface area contributed by atoms with E-state index in [9.17, 15) is 10.2 Å². The van der Waals surface area contributed by atoms with E-state index in [0.717, 1.165) is 19.6 Å². The van der Waals surface area contributed by atoms with Crippen molar-refractivity contribution in [3.05, 3.63) is 0 Å². The lowest BCUT2D eigenvalue weighted by molar-refractivity contribution is -0.0216. The maximum absolute atomic E-state index is 10.3. The summed E-state index contributed by atoms with van der Waals surface area (Å²) in [5.41, 5.74) is 0. The predicted molar refractivity (Wildman–Crippen MR) is 84.0 cm³/mol. The summed E-state index contributed by atoms with van der Waals surface area (Å²) in [5.74, 6) is 0. The molecule has 0 aromatic carbocycles. The Kier molecular flexibility index (Phi) is 9.59. The monoisotopic (exact) mass is 330 g/mol. The van der Waals surface area contributed by atoms with Crippen molar-refractivity contribution < 1.29 is 14.9 Å². The number of hydrogen-bond donors (Lipinski definition) is 3. The molecule has 0 radical (unpaired) electrons. The van der Waals surface area contributed by atoms with Gasteiger partial charge in [-0.3, -0.25) is 4.90 Å². The van der Waals surface area contributed by atoms with E-state index < -0.39 is 12.2 Å². The van der Waals surface area contributed by atoms with E-state index in [0.29, 0.717) is 6.04 Å². The van der Waals surface area contributed by atoms with Gasteiger partial charge in [0.05, 0.1) is 18.8 Å². The molecule has 7 heteroatoms. The van der Waals surface area contributed by atoms with Crippen LogP contribution in [0.2, 0.25) is 0 Å². The highest BCUT2D eigenvalue weighted by molar-refractivity contribution is 5.85. The van der Waals surface area contributed by atoms with Crippen LogP contribution in [0.25, 0.3) is 0 Å². The summed E-state index contributed by atoms with van der Waals surface area (Å²) in [6.45, 7) is 6.87. The topological polar surface area (TPSA) is 65.0 Å². The lowest BCUT2D eigenvalue weighted by atomic mass is 10.0. The molecule has 20 heavy (non-hydrogen) atoms. The first-order valence-electron chi connectivity index (χ1n) is 7.05. The Labute approximate surface area is 133 Å². The highest BCUT2D eigenvalue weighted by Crippen LogP contribution is 2.28. The smallest absolute Gasteiger partial charge is 0.109 e. The van der Waals surface area contributed by atoms with Crippen LogP contribution in [0.15, 0.2) is 0 Å². The van der Waals surface area contributed by atoms with Crippen molar-refractivity contribution in [2.75, 3.05) is 26.2 Å². The van der Waals surface area contributed by atoms with Crippen LogP contribution in [0.1, 0.15) is 26.7 Å². The quantitative estimate of drug-likeness (QED) is 0.681. The molecule has 3 N–H and O–H groups in total. The van der Waals surface area contributed by atoms with Crippen molar-refractivity contribution >= 4 is 24.8 Å². The van der Waals surface area contributed by atoms with E-state index in [1.54, 1.807) is 0 Å². The van der Waals surface area contributed by atoms with Gasteiger partial charge in [-0.05, 0) is 25.9 Å². The minimum Gasteiger partial charge on any atom is -0.394 e. The third-order valence-electron chi connectivity index (χ3n) is 3.93. The lowest BCUT2D eigenvalue weighted by Crippen LogP contribution is -2.50. The van der Waals surface area contributed by atoms with E-state index in [1.165, 1.54) is 12.8 Å². The molecule has 0 bridgehead atoms. The van der Waals surface area contributed by atoms with E-state index in [4.69, 9.17) is 4.74 Å². The summed E-state index contributed by atoms with van der Waals surface area (Å²) in [4.78, 5) is 2.31. The molecular weight excluding hydrogens is 303 g/mol. The largest absolute Gasteiger partial charge is 0.394 e. The number of aliphatic hydroxyl groups excluding tert-OH is 2. The summed E-state index contributed by atoms with van der Waals surface area (Å²) in [6, 6.07) is 0.425. The van der Waals surface area contributed by atoms with Gasteiger partial charge in [-0.25, -0.2) is 0 Å². The van der Waals surface area contributed by atoms with Gasteiger partial charge in [0.15, 0.2) is 0 Å². The first kappa shape index (κ1) is 20.4. The molecular formula is C13H28Cl2N2O3. The lowest BCUT2D eigenvalue weighted by Gasteiger charge is -2.30. The Morgan fingerprint density at radius 3 is 2.30 bits per heavy atom. The van der Waals surface area contributed by atoms with E-state index in [1.807, 2.05) is 0 Å². The summed E-state index contributed by atoms with van der Waals surface area (Å²) in [7, 11) is 0. The van der Waals surface area contributed by atoms with Crippen molar-refractivity contribution in [3.63, 3.8) is 0 Å². The van der Waals surface area contributed by atoms with Crippen molar-refractivity contribution in [1.82, 2.24) is 10.2 Å². The molecule has 122 valence electrons. The van der Waals surface area contributed by atoms with Crippen LogP contribution in [0, 0.1) is 0 Å². The highest BCUT2D eigenvalue weighted by Gasteiger charge is 2.46. The number of ether oxygens (including phenoxy) is 1. The normalized spacial score (nSPS) is 34.0. The fourth-order valence-electron chi connectivity index (χ4n) is 2.99. The maximum Gasteiger partial charge on any atom is 0.109 e. The van der Waals surface area contributed by atoms with Gasteiger partial charge >= 0.3 is 0 Å². The second-order valence-electron chi connectivity index (χ2n) is 5.68. The van der Waals surface area contributed by atoms with Crippen molar-refractivity contribution in [3.8, 4) is 0 Å². The molecule has 2 heterocycles. The molecule has 5 nitrogen and oxygen atoms in total. The van der Waals surface area contributed by atoms with Crippen LogP contribution in [-0.4, -0.2) is 71.7 Å². The molecule has 0 amide bonds. The number of aliphatic hydroxyl groups is 2. The van der Waals surface area contributed by atoms with Crippen LogP contribution in [0.4, 0.5) is 0 Å². The van der Waals surface area contributed by atoms with Crippen molar-refractivity contribution in [2.24, 2.45) is 0 Å². The predicted octanol–water partition coefficient (Wildman–Crippen LogP) is 0.413. The van der Waals surface area contributed by atoms with Crippen LogP contribution in [0.3, 0.4) is 0 Å². The van der Waals surface area contributed by atoms with Crippen LogP contribution < -0.4 is 5.32 Å². The summed E-state index contributed by atoms with van der Waals surface area (Å²) in [5, 5.41) is 22.9. The molecule has 0 aromatic rings. The van der Waals surface area contributed by atoms with Gasteiger partial charge in [0, 0.05) is 12.6 Å². The van der Waals surface area contributed by atoms with Gasteiger partial charge < -0.3 is 20.3 Å². The number of nitrogens with zero attached hydrogens (tertiary/aromatic N) is 1. The van der Waals surface area contributed by atoms with Crippen LogP contribution in [0.5, 0.6) is 0 Å². The van der Waals surface area contributed by atoms with Gasteiger partial charge in [0.25, 0.3) is 0 Å². The third-order valence-corrected chi connectivity index (χ3v) is 3.93. The molecule has 0 spiro atoms. The summed E-state index contributed by atoms with van der Waals surface area (Å²) >= 11 is 0. The van der Waals surface area contributed by atoms with Gasteiger partial charge in [0.1, 0.15) is 12.2 Å². The molecule has 2 rings (SSSR count). The van der Waals surface area contributed by atoms with Gasteiger partial charge in [-0.2, -0.15) is 0 Å². The first-order chi connectivity index (χ1) is 8.63. The fraction of sp³-hybridized carbons (Fsp3) is 1.00. The molecule has 0 aliphatic carbocycles. The van der Waals surface area contributed by atoms with Gasteiger partial charge in [-0.1, -0.05) is 13.8 Å². The summed E-state index contributed by atoms with van der Waals surface area (Å²) in [6.07, 6.45) is 1.34. The molecule has 0 unspecified atom stereocenters. The van der Waals surface area contributed by atoms with Gasteiger partial charge in [0.2, 0.25) is 0 Å². The minimum atomic E-state index is -0.577. The Balaban J connectivity index is 0.00000180. The van der Waals surface area contributed by atoms with Crippen molar-refractivity contribution in [2.45, 2.75) is 57.1 Å². The number of halogens is 2. The number of hydrogen-bond acceptors (Lipinski definition) is 5. The second kappa shape index (κ2) is 9.41. The standard InChI is InChI=1S/C13H26N2O3.2ClH/c1-9(2)14-7-10-12(15-5-3-4-6-15)13(17)11(8-16)18-10;;/h9-14,16-17H,3-8H2,1-2H3;2*1H/t10-,11+,12+,13-;;/m1../s1. The Morgan fingerprint density at radius 2 is 1.80 bits per heavy atom. The van der Waals surface area contributed by atoms with Crippen LogP contribution >= 0.6 is 24.8 Å². The zero-order valence-corrected chi connectivity index (χ0v) is 13.8. The van der Waals surface area contributed by atoms with E-state index >= 15 is 0 Å². The zero-order chi connectivity index (χ0) is 13.1. The molecule has 2 aliphatic heterocycles. The summed E-state index contributed by atoms with van der Waals surface area (Å²) < 4.78 is 5.79. The fourth-order valence-corrected chi connectivity index (χ4v) is 2.99. The van der Waals surface area contributed by atoms with Crippen LogP contribution in [-0.2, 0) is 4.74 Å². The highest BCUT2D eigenvalue weighted by atomic mass is 35.5. The first-order valence-corrected chi connectivity index (χ1v) is 7.05. The average molecular weight is 331 g/mol. The van der Waals surface area contributed by atoms with Gasteiger partial charge in [-0.15, -0.1) is 24.8 Å². The van der Waals surface area contributed by atoms with E-state index in [2.05, 4.69) is 24.1 Å².